The Hall–Kier alpha value is -3.35. The quantitative estimate of drug-likeness (QED) is 0.737. The van der Waals surface area contributed by atoms with Crippen molar-refractivity contribution in [2.75, 3.05) is 17.7 Å². The van der Waals surface area contributed by atoms with Crippen LogP contribution in [0.3, 0.4) is 0 Å². The van der Waals surface area contributed by atoms with E-state index in [0.29, 0.717) is 35.0 Å². The highest BCUT2D eigenvalue weighted by Gasteiger charge is 2.07. The lowest BCUT2D eigenvalue weighted by molar-refractivity contribution is -0.114. The number of nitrogens with one attached hydrogen (secondary N) is 2. The molecule has 3 rings (SSSR count). The molecule has 0 radical (unpaired) electrons. The van der Waals surface area contributed by atoms with Gasteiger partial charge in [-0.15, -0.1) is 0 Å². The molecule has 2 heterocycles. The maximum atomic E-state index is 12.3. The topological polar surface area (TPSA) is 84.7 Å². The lowest BCUT2D eigenvalue weighted by Gasteiger charge is -2.13. The molecule has 0 atom stereocenters. The summed E-state index contributed by atoms with van der Waals surface area (Å²) >= 11 is 0. The standard InChI is InChI=1S/C19H20N4O3/c1-12-4-7-18-22-15(9-19(25)23(18)11-12)10-20-16-8-14(21-13(2)24)5-6-17(16)26-3/h4-9,11,20H,10H2,1-3H3,(H,21,24). The second kappa shape index (κ2) is 7.26. The third-order valence-corrected chi connectivity index (χ3v) is 3.84. The summed E-state index contributed by atoms with van der Waals surface area (Å²) in [5, 5.41) is 5.94. The summed E-state index contributed by atoms with van der Waals surface area (Å²) < 4.78 is 6.86. The number of rotatable bonds is 5. The number of carbonyl (C=O) groups is 1. The monoisotopic (exact) mass is 352 g/mol. The van der Waals surface area contributed by atoms with Gasteiger partial charge in [-0.2, -0.15) is 0 Å². The molecule has 2 N–H and O–H groups in total. The van der Waals surface area contributed by atoms with Crippen LogP contribution in [0.5, 0.6) is 5.75 Å². The minimum Gasteiger partial charge on any atom is -0.495 e. The van der Waals surface area contributed by atoms with E-state index in [1.807, 2.05) is 19.1 Å². The molecule has 0 aliphatic heterocycles. The first-order valence-corrected chi connectivity index (χ1v) is 8.15. The van der Waals surface area contributed by atoms with E-state index in [-0.39, 0.29) is 11.5 Å². The highest BCUT2D eigenvalue weighted by atomic mass is 16.5. The van der Waals surface area contributed by atoms with Crippen molar-refractivity contribution in [1.29, 1.82) is 0 Å². The molecule has 0 aliphatic carbocycles. The smallest absolute Gasteiger partial charge is 0.258 e. The number of carbonyl (C=O) groups excluding carboxylic acids is 1. The highest BCUT2D eigenvalue weighted by molar-refractivity contribution is 5.89. The average Bonchev–Trinajstić information content (AvgIpc) is 2.60. The van der Waals surface area contributed by atoms with Gasteiger partial charge in [-0.05, 0) is 36.8 Å². The average molecular weight is 352 g/mol. The van der Waals surface area contributed by atoms with E-state index < -0.39 is 0 Å². The lowest BCUT2D eigenvalue weighted by atomic mass is 10.2. The summed E-state index contributed by atoms with van der Waals surface area (Å²) in [6.45, 7) is 3.72. The summed E-state index contributed by atoms with van der Waals surface area (Å²) in [6.07, 6.45) is 1.77. The first kappa shape index (κ1) is 17.5. The van der Waals surface area contributed by atoms with Gasteiger partial charge in [0.25, 0.3) is 5.56 Å². The van der Waals surface area contributed by atoms with Gasteiger partial charge in [-0.1, -0.05) is 6.07 Å². The first-order chi connectivity index (χ1) is 12.5. The number of ether oxygens (including phenoxy) is 1. The van der Waals surface area contributed by atoms with E-state index in [0.717, 1.165) is 5.56 Å². The summed E-state index contributed by atoms with van der Waals surface area (Å²) in [6, 6.07) is 10.5. The number of benzene rings is 1. The van der Waals surface area contributed by atoms with Crippen molar-refractivity contribution in [1.82, 2.24) is 9.38 Å². The predicted octanol–water partition coefficient (Wildman–Crippen LogP) is 2.58. The number of fused-ring (bicyclic) bond motifs is 1. The Bertz CT molecular complexity index is 1030. The Morgan fingerprint density at radius 2 is 2.04 bits per heavy atom. The summed E-state index contributed by atoms with van der Waals surface area (Å²) in [4.78, 5) is 28.0. The number of amides is 1. The minimum absolute atomic E-state index is 0.130. The summed E-state index contributed by atoms with van der Waals surface area (Å²) in [5.41, 5.74) is 3.43. The van der Waals surface area contributed by atoms with Gasteiger partial charge in [-0.25, -0.2) is 4.98 Å². The molecule has 7 nitrogen and oxygen atoms in total. The van der Waals surface area contributed by atoms with E-state index in [1.165, 1.54) is 17.4 Å². The fourth-order valence-corrected chi connectivity index (χ4v) is 2.66. The molecule has 1 aromatic carbocycles. The van der Waals surface area contributed by atoms with E-state index in [4.69, 9.17) is 4.74 Å². The number of aryl methyl sites for hydroxylation is 1. The van der Waals surface area contributed by atoms with Crippen molar-refractivity contribution >= 4 is 22.9 Å². The number of aromatic nitrogens is 2. The number of methoxy groups -OCH3 is 1. The van der Waals surface area contributed by atoms with Gasteiger partial charge in [0, 0.05) is 24.9 Å². The first-order valence-electron chi connectivity index (χ1n) is 8.15. The van der Waals surface area contributed by atoms with Crippen LogP contribution in [0.4, 0.5) is 11.4 Å². The Kier molecular flexibility index (Phi) is 4.88. The SMILES string of the molecule is COc1ccc(NC(C)=O)cc1NCc1cc(=O)n2cc(C)ccc2n1. The van der Waals surface area contributed by atoms with Crippen LogP contribution in [0.2, 0.25) is 0 Å². The molecule has 0 aliphatic rings. The van der Waals surface area contributed by atoms with Crippen LogP contribution in [0.25, 0.3) is 5.65 Å². The fraction of sp³-hybridized carbons (Fsp3) is 0.211. The molecule has 134 valence electrons. The van der Waals surface area contributed by atoms with Gasteiger partial charge in [0.15, 0.2) is 0 Å². The molecule has 0 bridgehead atoms. The normalized spacial score (nSPS) is 10.6. The third kappa shape index (κ3) is 3.83. The Labute approximate surface area is 150 Å². The maximum absolute atomic E-state index is 12.3. The maximum Gasteiger partial charge on any atom is 0.258 e. The van der Waals surface area contributed by atoms with Gasteiger partial charge in [0.1, 0.15) is 11.4 Å². The van der Waals surface area contributed by atoms with Crippen molar-refractivity contribution in [3.05, 3.63) is 64.2 Å². The van der Waals surface area contributed by atoms with Gasteiger partial charge in [-0.3, -0.25) is 14.0 Å². The Balaban J connectivity index is 1.86. The van der Waals surface area contributed by atoms with Crippen LogP contribution in [-0.2, 0) is 11.3 Å². The molecule has 0 saturated heterocycles. The second-order valence-electron chi connectivity index (χ2n) is 5.97. The Morgan fingerprint density at radius 1 is 1.23 bits per heavy atom. The molecule has 26 heavy (non-hydrogen) atoms. The van der Waals surface area contributed by atoms with Crippen molar-refractivity contribution in [2.24, 2.45) is 0 Å². The van der Waals surface area contributed by atoms with Crippen LogP contribution < -0.4 is 20.9 Å². The molecule has 3 aromatic rings. The van der Waals surface area contributed by atoms with E-state index >= 15 is 0 Å². The van der Waals surface area contributed by atoms with Crippen LogP contribution >= 0.6 is 0 Å². The van der Waals surface area contributed by atoms with Gasteiger partial charge < -0.3 is 15.4 Å². The summed E-state index contributed by atoms with van der Waals surface area (Å²) in [5.74, 6) is 0.480. The van der Waals surface area contributed by atoms with E-state index in [9.17, 15) is 9.59 Å². The fourth-order valence-electron chi connectivity index (χ4n) is 2.66. The predicted molar refractivity (Wildman–Crippen MR) is 101 cm³/mol. The molecule has 0 unspecified atom stereocenters. The van der Waals surface area contributed by atoms with Gasteiger partial charge in [0.05, 0.1) is 25.0 Å². The van der Waals surface area contributed by atoms with Crippen LogP contribution in [-0.4, -0.2) is 22.4 Å². The molecule has 1 amide bonds. The lowest BCUT2D eigenvalue weighted by Crippen LogP contribution is -2.17. The van der Waals surface area contributed by atoms with Crippen molar-refractivity contribution < 1.29 is 9.53 Å². The summed E-state index contributed by atoms with van der Waals surface area (Å²) in [7, 11) is 1.57. The Morgan fingerprint density at radius 3 is 2.77 bits per heavy atom. The molecule has 0 fully saturated rings. The number of nitrogens with zero attached hydrogens (tertiary/aromatic N) is 2. The number of anilines is 2. The third-order valence-electron chi connectivity index (χ3n) is 3.84. The molecule has 0 saturated carbocycles. The second-order valence-corrected chi connectivity index (χ2v) is 5.97. The van der Waals surface area contributed by atoms with E-state index in [1.54, 1.807) is 31.5 Å². The zero-order valence-corrected chi connectivity index (χ0v) is 14.9. The number of hydrogen-bond donors (Lipinski definition) is 2. The molecular weight excluding hydrogens is 332 g/mol. The van der Waals surface area contributed by atoms with Crippen molar-refractivity contribution in [3.8, 4) is 5.75 Å². The number of hydrogen-bond acceptors (Lipinski definition) is 5. The minimum atomic E-state index is -0.152. The molecule has 7 heteroatoms. The highest BCUT2D eigenvalue weighted by Crippen LogP contribution is 2.28. The largest absolute Gasteiger partial charge is 0.495 e. The molecular formula is C19H20N4O3. The van der Waals surface area contributed by atoms with Crippen LogP contribution in [0.1, 0.15) is 18.2 Å². The van der Waals surface area contributed by atoms with Gasteiger partial charge >= 0.3 is 0 Å². The molecule has 2 aromatic heterocycles. The van der Waals surface area contributed by atoms with E-state index in [2.05, 4.69) is 15.6 Å². The van der Waals surface area contributed by atoms with Crippen LogP contribution in [0, 0.1) is 6.92 Å². The molecule has 0 spiro atoms. The van der Waals surface area contributed by atoms with Crippen molar-refractivity contribution in [3.63, 3.8) is 0 Å². The van der Waals surface area contributed by atoms with Gasteiger partial charge in [0.2, 0.25) is 5.91 Å². The van der Waals surface area contributed by atoms with Crippen molar-refractivity contribution in [2.45, 2.75) is 20.4 Å². The zero-order chi connectivity index (χ0) is 18.7. The zero-order valence-electron chi connectivity index (χ0n) is 14.9. The number of pyridine rings is 1. The van der Waals surface area contributed by atoms with Crippen LogP contribution in [0.15, 0.2) is 47.4 Å².